The summed E-state index contributed by atoms with van der Waals surface area (Å²) in [5.41, 5.74) is 2.14. The summed E-state index contributed by atoms with van der Waals surface area (Å²) in [5, 5.41) is 4.81. The van der Waals surface area contributed by atoms with Gasteiger partial charge in [-0.15, -0.1) is 0 Å². The predicted molar refractivity (Wildman–Crippen MR) is 70.0 cm³/mol. The largest absolute Gasteiger partial charge is 0.270 e. The van der Waals surface area contributed by atoms with Crippen LogP contribution >= 0.6 is 15.9 Å². The first-order chi connectivity index (χ1) is 8.26. The average molecular weight is 294 g/mol. The van der Waals surface area contributed by atoms with Crippen molar-refractivity contribution in [2.24, 2.45) is 0 Å². The lowest BCUT2D eigenvalue weighted by atomic mass is 10.2. The van der Waals surface area contributed by atoms with Gasteiger partial charge in [0.1, 0.15) is 5.69 Å². The summed E-state index contributed by atoms with van der Waals surface area (Å²) in [6.45, 7) is 2.45. The Morgan fingerprint density at radius 1 is 1.35 bits per heavy atom. The predicted octanol–water partition coefficient (Wildman–Crippen LogP) is 2.22. The van der Waals surface area contributed by atoms with E-state index in [1.807, 2.05) is 25.1 Å². The summed E-state index contributed by atoms with van der Waals surface area (Å²) in [6.07, 6.45) is 1.71. The van der Waals surface area contributed by atoms with E-state index in [9.17, 15) is 4.79 Å². The third-order valence-electron chi connectivity index (χ3n) is 2.42. The van der Waals surface area contributed by atoms with Crippen LogP contribution in [0, 0.1) is 0 Å². The smallest absolute Gasteiger partial charge is 0.267 e. The van der Waals surface area contributed by atoms with Gasteiger partial charge in [-0.05, 0) is 25.1 Å². The molecule has 88 valence electrons. The number of hydrogen-bond donors (Lipinski definition) is 0. The molecule has 2 aromatic heterocycles. The zero-order valence-electron chi connectivity index (χ0n) is 9.43. The maximum Gasteiger partial charge on any atom is 0.270 e. The Kier molecular flexibility index (Phi) is 3.68. The molecule has 0 aliphatic rings. The molecule has 0 saturated heterocycles. The molecule has 0 saturated carbocycles. The van der Waals surface area contributed by atoms with Crippen molar-refractivity contribution in [3.05, 3.63) is 46.4 Å². The third kappa shape index (κ3) is 2.44. The lowest BCUT2D eigenvalue weighted by Crippen LogP contribution is -2.25. The number of pyridine rings is 1. The molecule has 2 rings (SSSR count). The third-order valence-corrected chi connectivity index (χ3v) is 3.02. The van der Waals surface area contributed by atoms with Crippen molar-refractivity contribution >= 4 is 15.9 Å². The van der Waals surface area contributed by atoms with Gasteiger partial charge in [-0.1, -0.05) is 22.0 Å². The topological polar surface area (TPSA) is 47.8 Å². The number of rotatable bonds is 3. The van der Waals surface area contributed by atoms with E-state index in [4.69, 9.17) is 0 Å². The van der Waals surface area contributed by atoms with E-state index in [0.29, 0.717) is 17.4 Å². The molecule has 0 amide bonds. The number of aromatic nitrogens is 3. The van der Waals surface area contributed by atoms with Gasteiger partial charge in [0.15, 0.2) is 0 Å². The van der Waals surface area contributed by atoms with Crippen LogP contribution in [0.4, 0.5) is 0 Å². The van der Waals surface area contributed by atoms with Crippen molar-refractivity contribution in [3.8, 4) is 11.4 Å². The molecule has 0 bridgehead atoms. The minimum Gasteiger partial charge on any atom is -0.267 e. The monoisotopic (exact) mass is 293 g/mol. The summed E-state index contributed by atoms with van der Waals surface area (Å²) in [5.74, 6) is 0. The van der Waals surface area contributed by atoms with Crippen molar-refractivity contribution in [2.75, 3.05) is 0 Å². The van der Waals surface area contributed by atoms with E-state index >= 15 is 0 Å². The van der Waals surface area contributed by atoms with E-state index in [1.165, 1.54) is 4.68 Å². The van der Waals surface area contributed by atoms with Crippen LogP contribution in [0.1, 0.15) is 12.5 Å². The number of hydrogen-bond acceptors (Lipinski definition) is 3. The van der Waals surface area contributed by atoms with E-state index in [-0.39, 0.29) is 5.56 Å². The van der Waals surface area contributed by atoms with Crippen LogP contribution in [0.5, 0.6) is 0 Å². The SMILES string of the molecule is CCn1nc(-c2ccccn2)cc(CBr)c1=O. The van der Waals surface area contributed by atoms with Crippen molar-refractivity contribution in [1.82, 2.24) is 14.8 Å². The molecule has 0 aliphatic carbocycles. The fourth-order valence-corrected chi connectivity index (χ4v) is 1.95. The first kappa shape index (κ1) is 12.0. The fraction of sp³-hybridized carbons (Fsp3) is 0.250. The highest BCUT2D eigenvalue weighted by molar-refractivity contribution is 9.08. The molecule has 5 heteroatoms. The Hall–Kier alpha value is -1.49. The van der Waals surface area contributed by atoms with Gasteiger partial charge < -0.3 is 0 Å². The molecule has 2 heterocycles. The fourth-order valence-electron chi connectivity index (χ4n) is 1.55. The zero-order chi connectivity index (χ0) is 12.3. The van der Waals surface area contributed by atoms with E-state index < -0.39 is 0 Å². The second-order valence-electron chi connectivity index (χ2n) is 3.52. The molecule has 0 aromatic carbocycles. The van der Waals surface area contributed by atoms with Crippen LogP contribution in [-0.4, -0.2) is 14.8 Å². The molecule has 0 atom stereocenters. The van der Waals surface area contributed by atoms with Crippen molar-refractivity contribution in [2.45, 2.75) is 18.8 Å². The zero-order valence-corrected chi connectivity index (χ0v) is 11.0. The van der Waals surface area contributed by atoms with Gasteiger partial charge in [0.2, 0.25) is 0 Å². The van der Waals surface area contributed by atoms with Crippen LogP contribution in [-0.2, 0) is 11.9 Å². The maximum atomic E-state index is 11.9. The van der Waals surface area contributed by atoms with E-state index in [0.717, 1.165) is 11.4 Å². The summed E-state index contributed by atoms with van der Waals surface area (Å²) in [4.78, 5) is 16.1. The highest BCUT2D eigenvalue weighted by atomic mass is 79.9. The summed E-state index contributed by atoms with van der Waals surface area (Å²) in [6, 6.07) is 7.42. The van der Waals surface area contributed by atoms with Gasteiger partial charge in [0.25, 0.3) is 5.56 Å². The van der Waals surface area contributed by atoms with Gasteiger partial charge in [0.05, 0.1) is 5.69 Å². The molecule has 4 nitrogen and oxygen atoms in total. The highest BCUT2D eigenvalue weighted by Crippen LogP contribution is 2.14. The molecule has 17 heavy (non-hydrogen) atoms. The lowest BCUT2D eigenvalue weighted by Gasteiger charge is -2.07. The number of aryl methyl sites for hydroxylation is 1. The van der Waals surface area contributed by atoms with E-state index in [2.05, 4.69) is 26.0 Å². The molecular weight excluding hydrogens is 282 g/mol. The van der Waals surface area contributed by atoms with Crippen LogP contribution in [0.25, 0.3) is 11.4 Å². The van der Waals surface area contributed by atoms with Crippen LogP contribution in [0.3, 0.4) is 0 Å². The minimum atomic E-state index is -0.0518. The molecular formula is C12H12BrN3O. The van der Waals surface area contributed by atoms with Crippen LogP contribution in [0.15, 0.2) is 35.3 Å². The minimum absolute atomic E-state index is 0.0518. The highest BCUT2D eigenvalue weighted by Gasteiger charge is 2.08. The molecule has 0 aliphatic heterocycles. The van der Waals surface area contributed by atoms with Gasteiger partial charge in [-0.25, -0.2) is 4.68 Å². The van der Waals surface area contributed by atoms with Gasteiger partial charge in [-0.2, -0.15) is 5.10 Å². The number of alkyl halides is 1. The molecule has 0 fully saturated rings. The molecule has 2 aromatic rings. The summed E-state index contributed by atoms with van der Waals surface area (Å²) >= 11 is 3.32. The molecule has 0 radical (unpaired) electrons. The first-order valence-corrected chi connectivity index (χ1v) is 6.46. The second-order valence-corrected chi connectivity index (χ2v) is 4.09. The molecule has 0 N–H and O–H groups in total. The summed E-state index contributed by atoms with van der Waals surface area (Å²) < 4.78 is 1.46. The maximum absolute atomic E-state index is 11.9. The lowest BCUT2D eigenvalue weighted by molar-refractivity contribution is 0.613. The van der Waals surface area contributed by atoms with E-state index in [1.54, 1.807) is 12.3 Å². The Balaban J connectivity index is 2.60. The van der Waals surface area contributed by atoms with Crippen molar-refractivity contribution in [3.63, 3.8) is 0 Å². The number of nitrogens with zero attached hydrogens (tertiary/aromatic N) is 3. The Morgan fingerprint density at radius 2 is 2.18 bits per heavy atom. The Labute approximate surface area is 107 Å². The second kappa shape index (κ2) is 5.23. The van der Waals surface area contributed by atoms with Gasteiger partial charge in [-0.3, -0.25) is 9.78 Å². The van der Waals surface area contributed by atoms with Gasteiger partial charge in [0, 0.05) is 23.6 Å². The van der Waals surface area contributed by atoms with Crippen LogP contribution in [0.2, 0.25) is 0 Å². The summed E-state index contributed by atoms with van der Waals surface area (Å²) in [7, 11) is 0. The standard InChI is InChI=1S/C12H12BrN3O/c1-2-16-12(17)9(8-13)7-11(15-16)10-5-3-4-6-14-10/h3-7H,2,8H2,1H3. The Bertz CT molecular complexity index is 537. The molecule has 0 spiro atoms. The van der Waals surface area contributed by atoms with Gasteiger partial charge >= 0.3 is 0 Å². The van der Waals surface area contributed by atoms with Crippen molar-refractivity contribution < 1.29 is 0 Å². The number of halogens is 1. The van der Waals surface area contributed by atoms with Crippen molar-refractivity contribution in [1.29, 1.82) is 0 Å². The normalized spacial score (nSPS) is 10.5. The first-order valence-electron chi connectivity index (χ1n) is 5.34. The Morgan fingerprint density at radius 3 is 2.76 bits per heavy atom. The average Bonchev–Trinajstić information content (AvgIpc) is 2.40. The quantitative estimate of drug-likeness (QED) is 0.816. The molecule has 0 unspecified atom stereocenters. The van der Waals surface area contributed by atoms with Crippen LogP contribution < -0.4 is 5.56 Å².